The van der Waals surface area contributed by atoms with Crippen LogP contribution in [0.5, 0.6) is 0 Å². The Labute approximate surface area is 178 Å². The lowest BCUT2D eigenvalue weighted by Crippen LogP contribution is -2.35. The average Bonchev–Trinajstić information content (AvgIpc) is 3.06. The van der Waals surface area contributed by atoms with E-state index in [0.29, 0.717) is 23.2 Å². The molecule has 6 heteroatoms. The maximum absolute atomic E-state index is 13.3. The number of nitrogens with zero attached hydrogens (tertiary/aromatic N) is 4. The van der Waals surface area contributed by atoms with E-state index < -0.39 is 0 Å². The van der Waals surface area contributed by atoms with Crippen molar-refractivity contribution in [2.45, 2.75) is 39.8 Å². The second kappa shape index (κ2) is 8.88. The largest absolute Gasteiger partial charge is 0.337 e. The molecule has 1 aliphatic carbocycles. The molecule has 2 unspecified atom stereocenters. The molecule has 0 spiro atoms. The number of hydrogen-bond acceptors (Lipinski definition) is 3. The Morgan fingerprint density at radius 3 is 2.66 bits per heavy atom. The summed E-state index contributed by atoms with van der Waals surface area (Å²) < 4.78 is 2.00. The summed E-state index contributed by atoms with van der Waals surface area (Å²) in [5.41, 5.74) is 1.61. The van der Waals surface area contributed by atoms with Gasteiger partial charge in [-0.1, -0.05) is 37.6 Å². The molecule has 2 aliphatic rings. The van der Waals surface area contributed by atoms with Crippen molar-refractivity contribution in [3.05, 3.63) is 53.1 Å². The summed E-state index contributed by atoms with van der Waals surface area (Å²) >= 11 is 6.18. The zero-order chi connectivity index (χ0) is 20.4. The SMILES string of the molecule is CCCN1CC2C(C1)C2CN(Cc1cccc(Cl)c1)C(=O)c1cn(CCC)cn1. The molecule has 29 heavy (non-hydrogen) atoms. The zero-order valence-electron chi connectivity index (χ0n) is 17.4. The predicted molar refractivity (Wildman–Crippen MR) is 116 cm³/mol. The van der Waals surface area contributed by atoms with Gasteiger partial charge in [0, 0.05) is 43.9 Å². The minimum atomic E-state index is 0.0233. The molecule has 1 aromatic heterocycles. The van der Waals surface area contributed by atoms with E-state index in [1.165, 1.54) is 26.1 Å². The Bertz CT molecular complexity index is 839. The predicted octanol–water partition coefficient (Wildman–Crippen LogP) is 4.18. The lowest BCUT2D eigenvalue weighted by molar-refractivity contribution is 0.0719. The Morgan fingerprint density at radius 1 is 1.21 bits per heavy atom. The maximum Gasteiger partial charge on any atom is 0.274 e. The van der Waals surface area contributed by atoms with E-state index in [0.717, 1.165) is 36.9 Å². The topological polar surface area (TPSA) is 41.4 Å². The van der Waals surface area contributed by atoms with Crippen LogP contribution in [0, 0.1) is 17.8 Å². The number of likely N-dealkylation sites (tertiary alicyclic amines) is 1. The van der Waals surface area contributed by atoms with E-state index in [1.807, 2.05) is 39.9 Å². The Kier molecular flexibility index (Phi) is 6.26. The molecule has 2 fully saturated rings. The van der Waals surface area contributed by atoms with Gasteiger partial charge in [0.15, 0.2) is 0 Å². The minimum Gasteiger partial charge on any atom is -0.337 e. The van der Waals surface area contributed by atoms with Gasteiger partial charge in [0.25, 0.3) is 5.91 Å². The van der Waals surface area contributed by atoms with E-state index >= 15 is 0 Å². The molecule has 156 valence electrons. The number of rotatable bonds is 9. The van der Waals surface area contributed by atoms with Crippen molar-refractivity contribution in [2.75, 3.05) is 26.2 Å². The fourth-order valence-electron chi connectivity index (χ4n) is 4.85. The first-order chi connectivity index (χ1) is 14.1. The maximum atomic E-state index is 13.3. The summed E-state index contributed by atoms with van der Waals surface area (Å²) in [5, 5.41) is 0.709. The number of piperidine rings is 1. The Balaban J connectivity index is 1.46. The first-order valence-corrected chi connectivity index (χ1v) is 11.2. The molecule has 2 atom stereocenters. The van der Waals surface area contributed by atoms with Gasteiger partial charge in [-0.15, -0.1) is 0 Å². The molecule has 5 nitrogen and oxygen atoms in total. The molecule has 2 heterocycles. The van der Waals surface area contributed by atoms with E-state index in [1.54, 1.807) is 6.33 Å². The highest BCUT2D eigenvalue weighted by Crippen LogP contribution is 2.52. The van der Waals surface area contributed by atoms with E-state index in [4.69, 9.17) is 11.6 Å². The molecular weight excluding hydrogens is 384 g/mol. The molecule has 4 rings (SSSR count). The molecule has 2 aromatic rings. The Hall–Kier alpha value is -1.85. The molecule has 0 bridgehead atoms. The van der Waals surface area contributed by atoms with Crippen LogP contribution < -0.4 is 0 Å². The van der Waals surface area contributed by atoms with Crippen LogP contribution in [0.25, 0.3) is 0 Å². The van der Waals surface area contributed by atoms with Crippen LogP contribution in [0.4, 0.5) is 0 Å². The number of amides is 1. The van der Waals surface area contributed by atoms with Crippen LogP contribution >= 0.6 is 11.6 Å². The van der Waals surface area contributed by atoms with E-state index in [2.05, 4.69) is 23.7 Å². The summed E-state index contributed by atoms with van der Waals surface area (Å²) in [7, 11) is 0. The van der Waals surface area contributed by atoms with Gasteiger partial charge < -0.3 is 14.4 Å². The van der Waals surface area contributed by atoms with Gasteiger partial charge in [-0.2, -0.15) is 0 Å². The summed E-state index contributed by atoms with van der Waals surface area (Å²) in [4.78, 5) is 22.3. The molecule has 1 aromatic carbocycles. The summed E-state index contributed by atoms with van der Waals surface area (Å²) in [6.07, 6.45) is 5.89. The van der Waals surface area contributed by atoms with Crippen LogP contribution in [0.2, 0.25) is 5.02 Å². The lowest BCUT2D eigenvalue weighted by Gasteiger charge is -2.25. The molecular formula is C23H31ClN4O. The van der Waals surface area contributed by atoms with Gasteiger partial charge in [-0.25, -0.2) is 4.98 Å². The van der Waals surface area contributed by atoms with Crippen LogP contribution in [0.1, 0.15) is 42.7 Å². The van der Waals surface area contributed by atoms with Crippen molar-refractivity contribution < 1.29 is 4.79 Å². The van der Waals surface area contributed by atoms with E-state index in [9.17, 15) is 4.79 Å². The highest BCUT2D eigenvalue weighted by Gasteiger charge is 2.55. The number of halogens is 1. The minimum absolute atomic E-state index is 0.0233. The smallest absolute Gasteiger partial charge is 0.274 e. The summed E-state index contributed by atoms with van der Waals surface area (Å²) in [6, 6.07) is 7.81. The van der Waals surface area contributed by atoms with Crippen molar-refractivity contribution in [1.29, 1.82) is 0 Å². The van der Waals surface area contributed by atoms with Crippen LogP contribution in [-0.2, 0) is 13.1 Å². The van der Waals surface area contributed by atoms with Gasteiger partial charge in [-0.3, -0.25) is 4.79 Å². The normalized spacial score (nSPS) is 23.2. The third-order valence-electron chi connectivity index (χ3n) is 6.30. The van der Waals surface area contributed by atoms with Crippen molar-refractivity contribution in [3.63, 3.8) is 0 Å². The lowest BCUT2D eigenvalue weighted by atomic mass is 10.1. The number of benzene rings is 1. The fourth-order valence-corrected chi connectivity index (χ4v) is 5.06. The number of aromatic nitrogens is 2. The van der Waals surface area contributed by atoms with Crippen molar-refractivity contribution in [2.24, 2.45) is 17.8 Å². The number of carbonyl (C=O) groups excluding carboxylic acids is 1. The second-order valence-electron chi connectivity index (χ2n) is 8.56. The number of aryl methyl sites for hydroxylation is 1. The highest BCUT2D eigenvalue weighted by molar-refractivity contribution is 6.30. The number of imidazole rings is 1. The first-order valence-electron chi connectivity index (χ1n) is 10.9. The van der Waals surface area contributed by atoms with Crippen molar-refractivity contribution in [1.82, 2.24) is 19.4 Å². The van der Waals surface area contributed by atoms with Crippen LogP contribution in [0.15, 0.2) is 36.8 Å². The molecule has 0 radical (unpaired) electrons. The zero-order valence-corrected chi connectivity index (χ0v) is 18.2. The van der Waals surface area contributed by atoms with Gasteiger partial charge in [0.2, 0.25) is 0 Å². The number of hydrogen-bond donors (Lipinski definition) is 0. The van der Waals surface area contributed by atoms with Crippen molar-refractivity contribution >= 4 is 17.5 Å². The van der Waals surface area contributed by atoms with E-state index in [-0.39, 0.29) is 5.91 Å². The molecule has 1 aliphatic heterocycles. The third-order valence-corrected chi connectivity index (χ3v) is 6.54. The quantitative estimate of drug-likeness (QED) is 0.618. The third kappa shape index (κ3) is 4.67. The molecule has 1 saturated heterocycles. The average molecular weight is 415 g/mol. The monoisotopic (exact) mass is 414 g/mol. The second-order valence-corrected chi connectivity index (χ2v) is 9.00. The van der Waals surface area contributed by atoms with Gasteiger partial charge >= 0.3 is 0 Å². The van der Waals surface area contributed by atoms with Crippen molar-refractivity contribution in [3.8, 4) is 0 Å². The highest BCUT2D eigenvalue weighted by atomic mass is 35.5. The summed E-state index contributed by atoms with van der Waals surface area (Å²) in [5.74, 6) is 2.13. The summed E-state index contributed by atoms with van der Waals surface area (Å²) in [6.45, 7) is 10.2. The van der Waals surface area contributed by atoms with Crippen LogP contribution in [0.3, 0.4) is 0 Å². The molecule has 1 amide bonds. The standard InChI is InChI=1S/C23H31ClN4O/c1-3-8-26-12-19-20(13-26)21(19)14-28(11-17-6-5-7-18(24)10-17)23(29)22-15-27(9-4-2)16-25-22/h5-7,10,15-16,19-21H,3-4,8-9,11-14H2,1-2H3. The molecule has 1 saturated carbocycles. The number of fused-ring (bicyclic) bond motifs is 1. The van der Waals surface area contributed by atoms with Crippen LogP contribution in [-0.4, -0.2) is 51.4 Å². The number of carbonyl (C=O) groups is 1. The molecule has 0 N–H and O–H groups in total. The van der Waals surface area contributed by atoms with Gasteiger partial charge in [-0.05, 0) is 54.8 Å². The van der Waals surface area contributed by atoms with Gasteiger partial charge in [0.05, 0.1) is 6.33 Å². The fraction of sp³-hybridized carbons (Fsp3) is 0.565. The Morgan fingerprint density at radius 2 is 1.97 bits per heavy atom. The first kappa shape index (κ1) is 20.4. The van der Waals surface area contributed by atoms with Gasteiger partial charge in [0.1, 0.15) is 5.69 Å².